The molecule has 0 spiro atoms. The zero-order valence-corrected chi connectivity index (χ0v) is 16.6. The van der Waals surface area contributed by atoms with Crippen molar-refractivity contribution in [1.82, 2.24) is 9.97 Å². The highest BCUT2D eigenvalue weighted by Gasteiger charge is 2.07. The second-order valence-corrected chi connectivity index (χ2v) is 5.91. The Morgan fingerprint density at radius 1 is 0.828 bits per heavy atom. The highest BCUT2D eigenvalue weighted by atomic mass is 16.5. The summed E-state index contributed by atoms with van der Waals surface area (Å²) >= 11 is 0. The molecule has 2 aromatic carbocycles. The van der Waals surface area contributed by atoms with Gasteiger partial charge < -0.3 is 29.6 Å². The van der Waals surface area contributed by atoms with Gasteiger partial charge in [0.2, 0.25) is 5.95 Å². The van der Waals surface area contributed by atoms with Crippen LogP contribution in [0.2, 0.25) is 0 Å². The molecule has 1 aromatic heterocycles. The molecule has 3 aromatic rings. The first-order valence-corrected chi connectivity index (χ1v) is 9.04. The number of nitrogens with zero attached hydrogens (tertiary/aromatic N) is 2. The molecule has 29 heavy (non-hydrogen) atoms. The van der Waals surface area contributed by atoms with Gasteiger partial charge in [-0.05, 0) is 42.5 Å². The maximum Gasteiger partial charge on any atom is 0.229 e. The van der Waals surface area contributed by atoms with E-state index in [1.54, 1.807) is 39.7 Å². The van der Waals surface area contributed by atoms with Gasteiger partial charge in [0.1, 0.15) is 35.4 Å². The Hall–Kier alpha value is -3.68. The first kappa shape index (κ1) is 20.1. The van der Waals surface area contributed by atoms with Crippen LogP contribution in [0.5, 0.6) is 23.0 Å². The third-order valence-corrected chi connectivity index (χ3v) is 4.05. The summed E-state index contributed by atoms with van der Waals surface area (Å²) in [5, 5.41) is 6.37. The number of hydrogen-bond acceptors (Lipinski definition) is 8. The molecule has 8 heteroatoms. The van der Waals surface area contributed by atoms with Gasteiger partial charge in [0.25, 0.3) is 0 Å². The molecule has 0 aliphatic heterocycles. The Labute approximate surface area is 169 Å². The molecule has 0 aliphatic carbocycles. The van der Waals surface area contributed by atoms with Crippen LogP contribution < -0.4 is 29.6 Å². The molecule has 1 heterocycles. The molecular formula is C21H24N4O4. The lowest BCUT2D eigenvalue weighted by Crippen LogP contribution is -2.13. The van der Waals surface area contributed by atoms with E-state index in [0.717, 1.165) is 17.2 Å². The lowest BCUT2D eigenvalue weighted by atomic mass is 10.2. The lowest BCUT2D eigenvalue weighted by Gasteiger charge is -2.12. The van der Waals surface area contributed by atoms with Gasteiger partial charge in [-0.15, -0.1) is 0 Å². The van der Waals surface area contributed by atoms with Crippen molar-refractivity contribution in [1.29, 1.82) is 0 Å². The average Bonchev–Trinajstić information content (AvgIpc) is 2.77. The van der Waals surface area contributed by atoms with Gasteiger partial charge in [0, 0.05) is 12.3 Å². The number of rotatable bonds is 10. The van der Waals surface area contributed by atoms with E-state index in [0.29, 0.717) is 36.4 Å². The summed E-state index contributed by atoms with van der Waals surface area (Å²) in [6.07, 6.45) is 1.68. The Morgan fingerprint density at radius 3 is 2.28 bits per heavy atom. The predicted molar refractivity (Wildman–Crippen MR) is 112 cm³/mol. The summed E-state index contributed by atoms with van der Waals surface area (Å²) in [4.78, 5) is 8.71. The van der Waals surface area contributed by atoms with Crippen molar-refractivity contribution in [3.05, 3.63) is 54.7 Å². The zero-order chi connectivity index (χ0) is 20.5. The number of methoxy groups -OCH3 is 3. The molecule has 8 nitrogen and oxygen atoms in total. The molecule has 3 rings (SSSR count). The van der Waals surface area contributed by atoms with E-state index in [2.05, 4.69) is 20.6 Å². The fraction of sp³-hybridized carbons (Fsp3) is 0.238. The molecule has 152 valence electrons. The fourth-order valence-corrected chi connectivity index (χ4v) is 2.56. The Morgan fingerprint density at radius 2 is 1.55 bits per heavy atom. The van der Waals surface area contributed by atoms with E-state index in [4.69, 9.17) is 18.9 Å². The minimum atomic E-state index is 0.453. The quantitative estimate of drug-likeness (QED) is 0.501. The number of nitrogens with one attached hydrogen (secondary N) is 2. The van der Waals surface area contributed by atoms with E-state index in [1.165, 1.54) is 0 Å². The van der Waals surface area contributed by atoms with Crippen LogP contribution in [-0.4, -0.2) is 44.4 Å². The minimum absolute atomic E-state index is 0.453. The topological polar surface area (TPSA) is 86.8 Å². The maximum absolute atomic E-state index is 5.70. The molecule has 0 unspecified atom stereocenters. The van der Waals surface area contributed by atoms with Crippen molar-refractivity contribution in [3.63, 3.8) is 0 Å². The molecule has 0 saturated heterocycles. The summed E-state index contributed by atoms with van der Waals surface area (Å²) in [5.74, 6) is 4.07. The highest BCUT2D eigenvalue weighted by molar-refractivity contribution is 5.64. The normalized spacial score (nSPS) is 10.2. The van der Waals surface area contributed by atoms with E-state index < -0.39 is 0 Å². The van der Waals surface area contributed by atoms with Gasteiger partial charge >= 0.3 is 0 Å². The Kier molecular flexibility index (Phi) is 6.94. The van der Waals surface area contributed by atoms with E-state index >= 15 is 0 Å². The van der Waals surface area contributed by atoms with Crippen molar-refractivity contribution in [2.45, 2.75) is 0 Å². The van der Waals surface area contributed by atoms with Gasteiger partial charge in [-0.1, -0.05) is 0 Å². The minimum Gasteiger partial charge on any atom is -0.497 e. The molecule has 0 amide bonds. The highest BCUT2D eigenvalue weighted by Crippen LogP contribution is 2.30. The number of aromatic nitrogens is 2. The SMILES string of the molecule is COc1ccc(OCCNc2ccnc(Nc3ccc(OC)cc3OC)n2)cc1. The van der Waals surface area contributed by atoms with Crippen LogP contribution in [0.1, 0.15) is 0 Å². The van der Waals surface area contributed by atoms with Crippen molar-refractivity contribution in [2.75, 3.05) is 45.1 Å². The summed E-state index contributed by atoms with van der Waals surface area (Å²) in [6, 6.07) is 14.7. The molecule has 0 aliphatic rings. The van der Waals surface area contributed by atoms with Crippen molar-refractivity contribution in [2.24, 2.45) is 0 Å². The maximum atomic E-state index is 5.70. The van der Waals surface area contributed by atoms with E-state index in [1.807, 2.05) is 36.4 Å². The monoisotopic (exact) mass is 396 g/mol. The molecule has 2 N–H and O–H groups in total. The van der Waals surface area contributed by atoms with Gasteiger partial charge in [-0.3, -0.25) is 0 Å². The third kappa shape index (κ3) is 5.65. The van der Waals surface area contributed by atoms with Crippen molar-refractivity contribution in [3.8, 4) is 23.0 Å². The van der Waals surface area contributed by atoms with Crippen molar-refractivity contribution >= 4 is 17.5 Å². The van der Waals surface area contributed by atoms with Crippen LogP contribution >= 0.6 is 0 Å². The molecule has 0 bridgehead atoms. The van der Waals surface area contributed by atoms with Crippen LogP contribution in [0, 0.1) is 0 Å². The summed E-state index contributed by atoms with van der Waals surface area (Å²) in [7, 11) is 4.84. The molecule has 0 radical (unpaired) electrons. The molecular weight excluding hydrogens is 372 g/mol. The van der Waals surface area contributed by atoms with E-state index in [9.17, 15) is 0 Å². The number of ether oxygens (including phenoxy) is 4. The molecule has 0 atom stereocenters. The summed E-state index contributed by atoms with van der Waals surface area (Å²) in [6.45, 7) is 1.08. The lowest BCUT2D eigenvalue weighted by molar-refractivity contribution is 0.331. The van der Waals surface area contributed by atoms with E-state index in [-0.39, 0.29) is 0 Å². The van der Waals surface area contributed by atoms with Crippen LogP contribution in [0.15, 0.2) is 54.7 Å². The third-order valence-electron chi connectivity index (χ3n) is 4.05. The first-order chi connectivity index (χ1) is 14.2. The Balaban J connectivity index is 1.54. The molecule has 0 saturated carbocycles. The second-order valence-electron chi connectivity index (χ2n) is 5.91. The zero-order valence-electron chi connectivity index (χ0n) is 16.6. The van der Waals surface area contributed by atoms with Crippen molar-refractivity contribution < 1.29 is 18.9 Å². The number of anilines is 3. The van der Waals surface area contributed by atoms with Gasteiger partial charge in [0.15, 0.2) is 0 Å². The van der Waals surface area contributed by atoms with Gasteiger partial charge in [-0.2, -0.15) is 4.98 Å². The van der Waals surface area contributed by atoms with Crippen LogP contribution in [0.4, 0.5) is 17.5 Å². The largest absolute Gasteiger partial charge is 0.497 e. The Bertz CT molecular complexity index is 919. The number of benzene rings is 2. The standard InChI is InChI=1S/C21H24N4O4/c1-26-15-4-6-16(7-5-15)29-13-12-22-20-10-11-23-21(25-20)24-18-9-8-17(27-2)14-19(18)28-3/h4-11,14H,12-13H2,1-3H3,(H2,22,23,24,25). The smallest absolute Gasteiger partial charge is 0.229 e. The number of hydrogen-bond donors (Lipinski definition) is 2. The molecule has 0 fully saturated rings. The fourth-order valence-electron chi connectivity index (χ4n) is 2.56. The predicted octanol–water partition coefficient (Wildman–Crippen LogP) is 3.74. The summed E-state index contributed by atoms with van der Waals surface area (Å²) < 4.78 is 21.4. The second kappa shape index (κ2) is 10.0. The van der Waals surface area contributed by atoms with Gasteiger partial charge in [0.05, 0.1) is 33.6 Å². The van der Waals surface area contributed by atoms with Crippen LogP contribution in [0.3, 0.4) is 0 Å². The van der Waals surface area contributed by atoms with Crippen LogP contribution in [-0.2, 0) is 0 Å². The average molecular weight is 396 g/mol. The first-order valence-electron chi connectivity index (χ1n) is 9.04. The van der Waals surface area contributed by atoms with Crippen LogP contribution in [0.25, 0.3) is 0 Å². The summed E-state index contributed by atoms with van der Waals surface area (Å²) in [5.41, 5.74) is 0.744. The van der Waals surface area contributed by atoms with Gasteiger partial charge in [-0.25, -0.2) is 4.98 Å².